The number of hydrogen-bond donors (Lipinski definition) is 3. The molecule has 4 N–H and O–H groups in total. The van der Waals surface area contributed by atoms with Crippen LogP contribution in [0.1, 0.15) is 18.5 Å². The first-order valence-corrected chi connectivity index (χ1v) is 8.35. The predicted octanol–water partition coefficient (Wildman–Crippen LogP) is 1.66. The molecule has 1 aromatic carbocycles. The molecule has 3 rings (SSSR count). The summed E-state index contributed by atoms with van der Waals surface area (Å²) in [5, 5.41) is 15.5. The van der Waals surface area contributed by atoms with Crippen LogP contribution in [0, 0.1) is 10.8 Å². The minimum absolute atomic E-state index is 0.0360. The molecular weight excluding hydrogens is 314 g/mol. The van der Waals surface area contributed by atoms with Crippen molar-refractivity contribution in [3.05, 3.63) is 23.8 Å². The van der Waals surface area contributed by atoms with Crippen LogP contribution in [0.3, 0.4) is 0 Å². The zero-order valence-electron chi connectivity index (χ0n) is 13.0. The third-order valence-corrected chi connectivity index (χ3v) is 4.91. The molecule has 7 nitrogen and oxygen atoms in total. The third kappa shape index (κ3) is 3.53. The summed E-state index contributed by atoms with van der Waals surface area (Å²) in [7, 11) is 0. The van der Waals surface area contributed by atoms with Crippen molar-refractivity contribution in [2.75, 3.05) is 33.0 Å². The van der Waals surface area contributed by atoms with Crippen LogP contribution >= 0.6 is 11.8 Å². The SMILES string of the molecule is C[C@H](c1ccc2c(c1)OCO2)N1CCN(C(=N)SC(=N)N)CC1. The minimum atomic E-state index is -0.0360. The van der Waals surface area contributed by atoms with Crippen molar-refractivity contribution in [1.82, 2.24) is 9.80 Å². The maximum atomic E-state index is 7.95. The topological polar surface area (TPSA) is 98.7 Å². The lowest BCUT2D eigenvalue weighted by atomic mass is 10.1. The van der Waals surface area contributed by atoms with Crippen LogP contribution in [-0.2, 0) is 0 Å². The number of nitrogens with zero attached hydrogens (tertiary/aromatic N) is 2. The summed E-state index contributed by atoms with van der Waals surface area (Å²) >= 11 is 1.00. The third-order valence-electron chi connectivity index (χ3n) is 4.23. The van der Waals surface area contributed by atoms with E-state index in [0.29, 0.717) is 12.0 Å². The Morgan fingerprint density at radius 3 is 2.57 bits per heavy atom. The quantitative estimate of drug-likeness (QED) is 0.561. The summed E-state index contributed by atoms with van der Waals surface area (Å²) < 4.78 is 10.8. The number of amidine groups is 2. The van der Waals surface area contributed by atoms with E-state index in [1.807, 2.05) is 17.0 Å². The van der Waals surface area contributed by atoms with Gasteiger partial charge in [-0.2, -0.15) is 0 Å². The van der Waals surface area contributed by atoms with Crippen molar-refractivity contribution in [2.45, 2.75) is 13.0 Å². The highest BCUT2D eigenvalue weighted by Crippen LogP contribution is 2.35. The number of piperazine rings is 1. The molecule has 1 saturated heterocycles. The fourth-order valence-corrected chi connectivity index (χ4v) is 3.38. The molecule has 0 bridgehead atoms. The van der Waals surface area contributed by atoms with Gasteiger partial charge < -0.3 is 20.1 Å². The number of fused-ring (bicyclic) bond motifs is 1. The highest BCUT2D eigenvalue weighted by atomic mass is 32.2. The van der Waals surface area contributed by atoms with Crippen LogP contribution < -0.4 is 15.2 Å². The van der Waals surface area contributed by atoms with Gasteiger partial charge in [-0.1, -0.05) is 6.07 Å². The van der Waals surface area contributed by atoms with Crippen molar-refractivity contribution in [2.24, 2.45) is 5.73 Å². The smallest absolute Gasteiger partial charge is 0.231 e. The predicted molar refractivity (Wildman–Crippen MR) is 91.4 cm³/mol. The average Bonchev–Trinajstić information content (AvgIpc) is 3.01. The summed E-state index contributed by atoms with van der Waals surface area (Å²) in [6.45, 7) is 5.76. The number of ether oxygens (including phenoxy) is 2. The summed E-state index contributed by atoms with van der Waals surface area (Å²) in [5.41, 5.74) is 6.55. The molecule has 2 aliphatic rings. The molecule has 1 atom stereocenters. The molecule has 0 unspecified atom stereocenters. The van der Waals surface area contributed by atoms with E-state index < -0.39 is 0 Å². The summed E-state index contributed by atoms with van der Waals surface area (Å²) in [4.78, 5) is 4.36. The van der Waals surface area contributed by atoms with E-state index in [4.69, 9.17) is 26.0 Å². The van der Waals surface area contributed by atoms with Gasteiger partial charge in [-0.15, -0.1) is 0 Å². The van der Waals surface area contributed by atoms with E-state index in [1.165, 1.54) is 5.56 Å². The van der Waals surface area contributed by atoms with E-state index >= 15 is 0 Å². The van der Waals surface area contributed by atoms with Crippen molar-refractivity contribution in [1.29, 1.82) is 10.8 Å². The Bertz CT molecular complexity index is 616. The van der Waals surface area contributed by atoms with E-state index in [1.54, 1.807) is 0 Å². The summed E-state index contributed by atoms with van der Waals surface area (Å²) in [6, 6.07) is 6.37. The van der Waals surface area contributed by atoms with Gasteiger partial charge in [0.25, 0.3) is 0 Å². The monoisotopic (exact) mass is 335 g/mol. The average molecular weight is 335 g/mol. The van der Waals surface area contributed by atoms with E-state index in [-0.39, 0.29) is 11.2 Å². The van der Waals surface area contributed by atoms with E-state index in [9.17, 15) is 0 Å². The molecule has 1 fully saturated rings. The normalized spacial score (nSPS) is 18.7. The zero-order valence-corrected chi connectivity index (χ0v) is 13.9. The van der Waals surface area contributed by atoms with Crippen LogP contribution in [-0.4, -0.2) is 53.1 Å². The zero-order chi connectivity index (χ0) is 16.4. The Morgan fingerprint density at radius 1 is 1.17 bits per heavy atom. The molecule has 0 radical (unpaired) electrons. The highest BCUT2D eigenvalue weighted by Gasteiger charge is 2.25. The first-order valence-electron chi connectivity index (χ1n) is 7.53. The van der Waals surface area contributed by atoms with Crippen LogP contribution in [0.25, 0.3) is 0 Å². The van der Waals surface area contributed by atoms with Gasteiger partial charge in [0.15, 0.2) is 21.8 Å². The number of nitrogens with two attached hydrogens (primary N) is 1. The highest BCUT2D eigenvalue weighted by molar-refractivity contribution is 8.26. The van der Waals surface area contributed by atoms with Gasteiger partial charge >= 0.3 is 0 Å². The Morgan fingerprint density at radius 2 is 1.87 bits per heavy atom. The fourth-order valence-electron chi connectivity index (χ4n) is 2.86. The Balaban J connectivity index is 1.59. The largest absolute Gasteiger partial charge is 0.454 e. The second-order valence-electron chi connectivity index (χ2n) is 5.58. The lowest BCUT2D eigenvalue weighted by Crippen LogP contribution is -2.48. The van der Waals surface area contributed by atoms with Crippen LogP contribution in [0.2, 0.25) is 0 Å². The Labute approximate surface area is 139 Å². The number of benzene rings is 1. The Hall–Kier alpha value is -1.93. The first-order chi connectivity index (χ1) is 11.0. The van der Waals surface area contributed by atoms with Crippen LogP contribution in [0.5, 0.6) is 11.5 Å². The number of nitrogens with one attached hydrogen (secondary N) is 2. The van der Waals surface area contributed by atoms with Gasteiger partial charge in [0, 0.05) is 32.2 Å². The standard InChI is InChI=1S/C15H21N5O2S/c1-10(11-2-3-12-13(8-11)22-9-21-12)19-4-6-20(7-5-19)15(18)23-14(16)17/h2-3,8,10,18H,4-7,9H2,1H3,(H3,16,17)/t10-/m1/s1. The van der Waals surface area contributed by atoms with E-state index in [2.05, 4.69) is 17.9 Å². The molecule has 8 heteroatoms. The molecule has 23 heavy (non-hydrogen) atoms. The molecule has 0 amide bonds. The second kappa shape index (κ2) is 6.67. The van der Waals surface area contributed by atoms with Gasteiger partial charge in [-0.25, -0.2) is 0 Å². The molecular formula is C15H21N5O2S. The molecule has 0 aliphatic carbocycles. The first kappa shape index (κ1) is 15.9. The number of hydrogen-bond acceptors (Lipinski definition) is 6. The molecule has 0 saturated carbocycles. The van der Waals surface area contributed by atoms with Gasteiger partial charge in [-0.3, -0.25) is 15.7 Å². The van der Waals surface area contributed by atoms with Crippen LogP contribution in [0.4, 0.5) is 0 Å². The lowest BCUT2D eigenvalue weighted by Gasteiger charge is -2.38. The summed E-state index contributed by atoms with van der Waals surface area (Å²) in [6.07, 6.45) is 0. The molecule has 2 aliphatic heterocycles. The molecule has 0 aromatic heterocycles. The fraction of sp³-hybridized carbons (Fsp3) is 0.467. The molecule has 124 valence electrons. The lowest BCUT2D eigenvalue weighted by molar-refractivity contribution is 0.141. The second-order valence-corrected chi connectivity index (χ2v) is 6.61. The Kier molecular flexibility index (Phi) is 4.63. The van der Waals surface area contributed by atoms with Crippen LogP contribution in [0.15, 0.2) is 18.2 Å². The number of rotatable bonds is 2. The minimum Gasteiger partial charge on any atom is -0.454 e. The van der Waals surface area contributed by atoms with Gasteiger partial charge in [0.05, 0.1) is 0 Å². The molecule has 1 aromatic rings. The van der Waals surface area contributed by atoms with Crippen molar-refractivity contribution >= 4 is 22.1 Å². The molecule has 2 heterocycles. The van der Waals surface area contributed by atoms with Crippen molar-refractivity contribution < 1.29 is 9.47 Å². The van der Waals surface area contributed by atoms with Gasteiger partial charge in [0.2, 0.25) is 6.79 Å². The van der Waals surface area contributed by atoms with Gasteiger partial charge in [0.1, 0.15) is 0 Å². The number of thioether (sulfide) groups is 1. The van der Waals surface area contributed by atoms with Gasteiger partial charge in [-0.05, 0) is 36.4 Å². The van der Waals surface area contributed by atoms with Crippen molar-refractivity contribution in [3.8, 4) is 11.5 Å². The van der Waals surface area contributed by atoms with E-state index in [0.717, 1.165) is 49.4 Å². The maximum Gasteiger partial charge on any atom is 0.231 e. The maximum absolute atomic E-state index is 7.95. The van der Waals surface area contributed by atoms with Crippen molar-refractivity contribution in [3.63, 3.8) is 0 Å². The molecule has 0 spiro atoms. The summed E-state index contributed by atoms with van der Waals surface area (Å²) in [5.74, 6) is 1.62.